The monoisotopic (exact) mass is 450 g/mol. The Hall–Kier alpha value is -3.43. The molecule has 0 bridgehead atoms. The van der Waals surface area contributed by atoms with Crippen LogP contribution in [0.25, 0.3) is 17.0 Å². The summed E-state index contributed by atoms with van der Waals surface area (Å²) >= 11 is 6.40. The number of thioether (sulfide) groups is 1. The number of pyridine rings is 1. The fraction of sp³-hybridized carbons (Fsp3) is 0.0909. The fourth-order valence-electron chi connectivity index (χ4n) is 3.14. The summed E-state index contributed by atoms with van der Waals surface area (Å²) in [5.74, 6) is -1.01. The third kappa shape index (κ3) is 4.23. The van der Waals surface area contributed by atoms with Crippen LogP contribution < -0.4 is 15.9 Å². The van der Waals surface area contributed by atoms with Gasteiger partial charge in [0.1, 0.15) is 0 Å². The molecule has 0 saturated carbocycles. The van der Waals surface area contributed by atoms with E-state index in [1.807, 2.05) is 43.3 Å². The number of nitrogens with one attached hydrogen (secondary N) is 2. The van der Waals surface area contributed by atoms with Gasteiger partial charge in [0.15, 0.2) is 4.32 Å². The Morgan fingerprint density at radius 1 is 1.13 bits per heavy atom. The molecule has 1 fully saturated rings. The number of nitrogens with zero attached hydrogens (tertiary/aromatic N) is 2. The first kappa shape index (κ1) is 20.8. The topological polar surface area (TPSA) is 85.5 Å². The Labute approximate surface area is 187 Å². The molecule has 156 valence electrons. The second kappa shape index (κ2) is 8.37. The zero-order valence-corrected chi connectivity index (χ0v) is 18.3. The summed E-state index contributed by atoms with van der Waals surface area (Å²) in [4.78, 5) is 42.7. The zero-order chi connectivity index (χ0) is 22.1. The molecule has 2 aromatic carbocycles. The standard InChI is InChI=1S/C22H18N4O3S2/c1-25(2)14-9-7-13(8-10-14)11-18-21(29)26(22(30)31-18)24-20(28)16-12-19(27)23-17-6-4-3-5-15(16)17/h3-12H,1-2H3,(H,23,27)(H,24,28)/b18-11+. The van der Waals surface area contributed by atoms with E-state index in [9.17, 15) is 14.4 Å². The lowest BCUT2D eigenvalue weighted by Crippen LogP contribution is -2.45. The maximum Gasteiger partial charge on any atom is 0.285 e. The Balaban J connectivity index is 1.57. The zero-order valence-electron chi connectivity index (χ0n) is 16.7. The molecule has 4 rings (SSSR count). The molecular formula is C22H18N4O3S2. The first-order valence-electron chi connectivity index (χ1n) is 9.32. The van der Waals surface area contributed by atoms with Gasteiger partial charge in [0.2, 0.25) is 5.56 Å². The molecule has 0 atom stereocenters. The van der Waals surface area contributed by atoms with E-state index in [4.69, 9.17) is 12.2 Å². The Bertz CT molecular complexity index is 1300. The van der Waals surface area contributed by atoms with Crippen molar-refractivity contribution in [2.24, 2.45) is 0 Å². The lowest BCUT2D eigenvalue weighted by molar-refractivity contribution is -0.123. The third-order valence-electron chi connectivity index (χ3n) is 4.71. The minimum absolute atomic E-state index is 0.164. The van der Waals surface area contributed by atoms with Crippen molar-refractivity contribution < 1.29 is 9.59 Å². The van der Waals surface area contributed by atoms with Crippen molar-refractivity contribution in [1.82, 2.24) is 15.4 Å². The van der Waals surface area contributed by atoms with Crippen LogP contribution in [-0.2, 0) is 4.79 Å². The van der Waals surface area contributed by atoms with E-state index in [-0.39, 0.29) is 9.88 Å². The largest absolute Gasteiger partial charge is 0.378 e. The highest BCUT2D eigenvalue weighted by atomic mass is 32.2. The third-order valence-corrected chi connectivity index (χ3v) is 6.01. The van der Waals surface area contributed by atoms with Crippen LogP contribution >= 0.6 is 24.0 Å². The first-order valence-corrected chi connectivity index (χ1v) is 10.5. The molecule has 2 N–H and O–H groups in total. The van der Waals surface area contributed by atoms with Crippen molar-refractivity contribution in [2.75, 3.05) is 19.0 Å². The van der Waals surface area contributed by atoms with Crippen molar-refractivity contribution in [2.45, 2.75) is 0 Å². The summed E-state index contributed by atoms with van der Waals surface area (Å²) in [6.45, 7) is 0. The quantitative estimate of drug-likeness (QED) is 0.469. The van der Waals surface area contributed by atoms with E-state index in [1.54, 1.807) is 30.3 Å². The molecule has 0 unspecified atom stereocenters. The molecule has 2 heterocycles. The number of hydrogen-bond donors (Lipinski definition) is 2. The van der Waals surface area contributed by atoms with Crippen LogP contribution in [0.15, 0.2) is 64.3 Å². The highest BCUT2D eigenvalue weighted by molar-refractivity contribution is 8.26. The maximum atomic E-state index is 12.9. The predicted molar refractivity (Wildman–Crippen MR) is 128 cm³/mol. The number of rotatable bonds is 4. The van der Waals surface area contributed by atoms with Gasteiger partial charge in [-0.2, -0.15) is 5.01 Å². The second-order valence-corrected chi connectivity index (χ2v) is 8.71. The van der Waals surface area contributed by atoms with Crippen LogP contribution in [-0.4, -0.2) is 40.2 Å². The van der Waals surface area contributed by atoms with Gasteiger partial charge in [-0.3, -0.25) is 19.8 Å². The van der Waals surface area contributed by atoms with Crippen molar-refractivity contribution in [3.05, 3.63) is 81.0 Å². The number of anilines is 1. The maximum absolute atomic E-state index is 12.9. The van der Waals surface area contributed by atoms with Crippen molar-refractivity contribution in [3.8, 4) is 0 Å². The molecule has 1 aliphatic rings. The van der Waals surface area contributed by atoms with Crippen molar-refractivity contribution in [3.63, 3.8) is 0 Å². The summed E-state index contributed by atoms with van der Waals surface area (Å²) in [5.41, 5.74) is 4.72. The Morgan fingerprint density at radius 2 is 1.84 bits per heavy atom. The number of amides is 2. The van der Waals surface area contributed by atoms with Gasteiger partial charge in [-0.05, 0) is 42.1 Å². The number of benzene rings is 2. The minimum Gasteiger partial charge on any atom is -0.378 e. The van der Waals surface area contributed by atoms with Crippen molar-refractivity contribution >= 4 is 62.8 Å². The Morgan fingerprint density at radius 3 is 2.55 bits per heavy atom. The fourth-order valence-corrected chi connectivity index (χ4v) is 4.32. The molecule has 9 heteroatoms. The molecule has 3 aromatic rings. The van der Waals surface area contributed by atoms with E-state index in [0.717, 1.165) is 28.0 Å². The molecule has 31 heavy (non-hydrogen) atoms. The van der Waals surface area contributed by atoms with E-state index < -0.39 is 17.4 Å². The summed E-state index contributed by atoms with van der Waals surface area (Å²) in [5, 5.41) is 1.61. The van der Waals surface area contributed by atoms with Crippen LogP contribution in [0.2, 0.25) is 0 Å². The molecule has 2 amide bonds. The summed E-state index contributed by atoms with van der Waals surface area (Å²) in [6, 6.07) is 15.9. The van der Waals surface area contributed by atoms with Gasteiger partial charge in [-0.1, -0.05) is 42.1 Å². The van der Waals surface area contributed by atoms with Crippen molar-refractivity contribution in [1.29, 1.82) is 0 Å². The summed E-state index contributed by atoms with van der Waals surface area (Å²) in [7, 11) is 3.90. The molecule has 0 aliphatic carbocycles. The average Bonchev–Trinajstić information content (AvgIpc) is 3.00. The summed E-state index contributed by atoms with van der Waals surface area (Å²) in [6.07, 6.45) is 1.73. The normalized spacial score (nSPS) is 15.0. The highest BCUT2D eigenvalue weighted by Gasteiger charge is 2.34. The number of aromatic nitrogens is 1. The number of aromatic amines is 1. The number of carbonyl (C=O) groups is 2. The molecule has 1 aliphatic heterocycles. The lowest BCUT2D eigenvalue weighted by Gasteiger charge is -2.16. The molecule has 0 radical (unpaired) electrons. The van der Waals surface area contributed by atoms with Gasteiger partial charge in [0, 0.05) is 36.8 Å². The van der Waals surface area contributed by atoms with Gasteiger partial charge in [-0.25, -0.2) is 0 Å². The predicted octanol–water partition coefficient (Wildman–Crippen LogP) is 3.14. The van der Waals surface area contributed by atoms with Gasteiger partial charge in [-0.15, -0.1) is 0 Å². The first-order chi connectivity index (χ1) is 14.8. The number of H-pyrrole nitrogens is 1. The van der Waals surface area contributed by atoms with Crippen LogP contribution in [0, 0.1) is 0 Å². The molecular weight excluding hydrogens is 432 g/mol. The second-order valence-electron chi connectivity index (χ2n) is 7.04. The number of carbonyl (C=O) groups excluding carboxylic acids is 2. The number of thiocarbonyl (C=S) groups is 1. The molecule has 7 nitrogen and oxygen atoms in total. The smallest absolute Gasteiger partial charge is 0.285 e. The van der Waals surface area contributed by atoms with E-state index in [0.29, 0.717) is 15.8 Å². The van der Waals surface area contributed by atoms with Crippen LogP contribution in [0.4, 0.5) is 5.69 Å². The molecule has 0 spiro atoms. The number of para-hydroxylation sites is 1. The summed E-state index contributed by atoms with van der Waals surface area (Å²) < 4.78 is 0.212. The van der Waals surface area contributed by atoms with Gasteiger partial charge in [0.05, 0.1) is 10.5 Å². The average molecular weight is 451 g/mol. The molecule has 1 aromatic heterocycles. The number of hydrogen-bond acceptors (Lipinski definition) is 6. The van der Waals surface area contributed by atoms with Gasteiger partial charge in [0.25, 0.3) is 11.8 Å². The molecule has 1 saturated heterocycles. The van der Waals surface area contributed by atoms with Gasteiger partial charge >= 0.3 is 0 Å². The van der Waals surface area contributed by atoms with Crippen LogP contribution in [0.5, 0.6) is 0 Å². The number of hydrazine groups is 1. The number of fused-ring (bicyclic) bond motifs is 1. The lowest BCUT2D eigenvalue weighted by atomic mass is 10.1. The van der Waals surface area contributed by atoms with E-state index in [2.05, 4.69) is 10.4 Å². The van der Waals surface area contributed by atoms with Gasteiger partial charge < -0.3 is 9.88 Å². The van der Waals surface area contributed by atoms with Crippen LogP contribution in [0.1, 0.15) is 15.9 Å². The van der Waals surface area contributed by atoms with E-state index >= 15 is 0 Å². The highest BCUT2D eigenvalue weighted by Crippen LogP contribution is 2.32. The SMILES string of the molecule is CN(C)c1ccc(/C=C2/SC(=S)N(NC(=O)c3cc(=O)[nH]c4ccccc34)C2=O)cc1. The van der Waals surface area contributed by atoms with Crippen LogP contribution in [0.3, 0.4) is 0 Å². The minimum atomic E-state index is -0.588. The Kier molecular flexibility index (Phi) is 5.62. The van der Waals surface area contributed by atoms with E-state index in [1.165, 1.54) is 6.07 Å².